The van der Waals surface area contributed by atoms with Gasteiger partial charge in [0, 0.05) is 56.2 Å². The molecule has 0 unspecified atom stereocenters. The van der Waals surface area contributed by atoms with Crippen molar-refractivity contribution >= 4 is 17.3 Å². The highest BCUT2D eigenvalue weighted by atomic mass is 16.3. The molecule has 0 spiro atoms. The molecule has 3 aromatic rings. The number of rotatable bonds is 8. The first-order chi connectivity index (χ1) is 18.1. The van der Waals surface area contributed by atoms with Gasteiger partial charge in [-0.15, -0.1) is 0 Å². The van der Waals surface area contributed by atoms with Crippen molar-refractivity contribution in [1.82, 2.24) is 9.88 Å². The minimum absolute atomic E-state index is 0.0718. The lowest BCUT2D eigenvalue weighted by Crippen LogP contribution is -2.51. The number of pyridine rings is 1. The lowest BCUT2D eigenvalue weighted by Gasteiger charge is -2.44. The van der Waals surface area contributed by atoms with E-state index in [0.717, 1.165) is 76.1 Å². The molecule has 0 radical (unpaired) electrons. The van der Waals surface area contributed by atoms with E-state index in [1.165, 1.54) is 11.3 Å². The van der Waals surface area contributed by atoms with Crippen LogP contribution in [0.1, 0.15) is 49.8 Å². The van der Waals surface area contributed by atoms with Gasteiger partial charge in [-0.3, -0.25) is 9.78 Å². The number of hydrogen-bond acceptors (Lipinski definition) is 5. The van der Waals surface area contributed by atoms with Crippen molar-refractivity contribution in [3.8, 4) is 0 Å². The predicted molar refractivity (Wildman–Crippen MR) is 149 cm³/mol. The summed E-state index contributed by atoms with van der Waals surface area (Å²) in [6.07, 6.45) is 7.74. The average Bonchev–Trinajstić information content (AvgIpc) is 2.95. The van der Waals surface area contributed by atoms with E-state index < -0.39 is 5.60 Å². The highest BCUT2D eigenvalue weighted by Gasteiger charge is 2.37. The summed E-state index contributed by atoms with van der Waals surface area (Å²) in [5, 5.41) is 14.2. The first kappa shape index (κ1) is 25.4. The van der Waals surface area contributed by atoms with Crippen molar-refractivity contribution in [3.63, 3.8) is 0 Å². The second-order valence-electron chi connectivity index (χ2n) is 10.4. The van der Waals surface area contributed by atoms with Crippen LogP contribution in [-0.2, 0) is 16.8 Å². The molecule has 2 saturated heterocycles. The van der Waals surface area contributed by atoms with E-state index in [4.69, 9.17) is 0 Å². The number of carbonyl (C=O) groups is 1. The fourth-order valence-corrected chi connectivity index (χ4v) is 5.74. The molecule has 194 valence electrons. The van der Waals surface area contributed by atoms with Crippen LogP contribution in [-0.4, -0.2) is 53.1 Å². The largest absolute Gasteiger partial charge is 0.383 e. The van der Waals surface area contributed by atoms with E-state index in [2.05, 4.69) is 44.4 Å². The van der Waals surface area contributed by atoms with Crippen LogP contribution in [0.15, 0.2) is 79.0 Å². The van der Waals surface area contributed by atoms with Crippen LogP contribution in [0.5, 0.6) is 0 Å². The number of aryl methyl sites for hydroxylation is 1. The Balaban J connectivity index is 1.07. The molecule has 6 nitrogen and oxygen atoms in total. The lowest BCUT2D eigenvalue weighted by atomic mass is 9.86. The fraction of sp³-hybridized carbons (Fsp3) is 0.419. The molecule has 2 aromatic carbocycles. The van der Waals surface area contributed by atoms with Crippen molar-refractivity contribution in [3.05, 3.63) is 90.3 Å². The van der Waals surface area contributed by atoms with Gasteiger partial charge in [0.1, 0.15) is 5.60 Å². The molecule has 2 N–H and O–H groups in total. The number of likely N-dealkylation sites (tertiary alicyclic amines) is 1. The molecule has 0 atom stereocenters. The molecule has 2 fully saturated rings. The van der Waals surface area contributed by atoms with Crippen LogP contribution in [0.2, 0.25) is 0 Å². The third-order valence-corrected chi connectivity index (χ3v) is 7.95. The second-order valence-corrected chi connectivity index (χ2v) is 10.4. The van der Waals surface area contributed by atoms with Crippen LogP contribution in [0.25, 0.3) is 0 Å². The molecule has 6 heteroatoms. The Labute approximate surface area is 220 Å². The zero-order valence-electron chi connectivity index (χ0n) is 21.6. The maximum absolute atomic E-state index is 12.5. The summed E-state index contributed by atoms with van der Waals surface area (Å²) in [5.41, 5.74) is 3.31. The van der Waals surface area contributed by atoms with E-state index in [-0.39, 0.29) is 5.91 Å². The highest BCUT2D eigenvalue weighted by molar-refractivity contribution is 5.91. The van der Waals surface area contributed by atoms with Gasteiger partial charge in [0.05, 0.1) is 5.69 Å². The second kappa shape index (κ2) is 11.9. The van der Waals surface area contributed by atoms with Gasteiger partial charge in [0.15, 0.2) is 0 Å². The first-order valence-electron chi connectivity index (χ1n) is 13.7. The summed E-state index contributed by atoms with van der Waals surface area (Å²) >= 11 is 0. The Bertz CT molecular complexity index is 1140. The maximum Gasteiger partial charge on any atom is 0.224 e. The molecule has 2 aliphatic rings. The van der Waals surface area contributed by atoms with Crippen molar-refractivity contribution in [2.45, 2.75) is 56.6 Å². The molecular formula is C31H38N4O2. The SMILES string of the molecule is O=C(CCCc1ccccc1)Nc1cccc(N2CCC(N3CCC(O)(c4ccccn4)CC3)CC2)c1. The van der Waals surface area contributed by atoms with E-state index >= 15 is 0 Å². The van der Waals surface area contributed by atoms with Crippen LogP contribution in [0, 0.1) is 0 Å². The number of nitrogens with zero attached hydrogens (tertiary/aromatic N) is 3. The molecular weight excluding hydrogens is 460 g/mol. The van der Waals surface area contributed by atoms with Crippen LogP contribution < -0.4 is 10.2 Å². The van der Waals surface area contributed by atoms with Gasteiger partial charge in [0.25, 0.3) is 0 Å². The number of hydrogen-bond donors (Lipinski definition) is 2. The minimum Gasteiger partial charge on any atom is -0.383 e. The van der Waals surface area contributed by atoms with E-state index in [9.17, 15) is 9.90 Å². The van der Waals surface area contributed by atoms with Gasteiger partial charge < -0.3 is 20.2 Å². The Morgan fingerprint density at radius 1 is 0.946 bits per heavy atom. The number of aliphatic hydroxyl groups is 1. The molecule has 3 heterocycles. The van der Waals surface area contributed by atoms with E-state index in [1.54, 1.807) is 6.20 Å². The predicted octanol–water partition coefficient (Wildman–Crippen LogP) is 5.00. The summed E-state index contributed by atoms with van der Waals surface area (Å²) in [5.74, 6) is 0.0718. The van der Waals surface area contributed by atoms with Gasteiger partial charge in [0.2, 0.25) is 5.91 Å². The number of carbonyl (C=O) groups excluding carboxylic acids is 1. The third kappa shape index (κ3) is 6.56. The Morgan fingerprint density at radius 2 is 1.70 bits per heavy atom. The summed E-state index contributed by atoms with van der Waals surface area (Å²) in [4.78, 5) is 21.9. The van der Waals surface area contributed by atoms with Gasteiger partial charge in [-0.25, -0.2) is 0 Å². The highest BCUT2D eigenvalue weighted by Crippen LogP contribution is 2.34. The molecule has 1 amide bonds. The van der Waals surface area contributed by atoms with Crippen molar-refractivity contribution in [1.29, 1.82) is 0 Å². The fourth-order valence-electron chi connectivity index (χ4n) is 5.74. The molecule has 5 rings (SSSR count). The van der Waals surface area contributed by atoms with Gasteiger partial charge in [-0.05, 0) is 74.4 Å². The standard InChI is InChI=1S/C31H38N4O2/c36-30(14-6-10-25-8-2-1-3-9-25)33-26-11-7-12-28(24-26)34-20-15-27(16-21-34)35-22-17-31(37,18-23-35)29-13-4-5-19-32-29/h1-5,7-9,11-13,19,24,27,37H,6,10,14-18,20-23H2,(H,33,36). The molecule has 0 saturated carbocycles. The van der Waals surface area contributed by atoms with Gasteiger partial charge in [-0.1, -0.05) is 42.5 Å². The monoisotopic (exact) mass is 498 g/mol. The topological polar surface area (TPSA) is 68.7 Å². The van der Waals surface area contributed by atoms with Gasteiger partial charge in [-0.2, -0.15) is 0 Å². The van der Waals surface area contributed by atoms with Crippen LogP contribution in [0.3, 0.4) is 0 Å². The van der Waals surface area contributed by atoms with Crippen molar-refractivity contribution in [2.75, 3.05) is 36.4 Å². The van der Waals surface area contributed by atoms with E-state index in [0.29, 0.717) is 12.5 Å². The number of amides is 1. The normalized spacial score (nSPS) is 18.5. The summed E-state index contributed by atoms with van der Waals surface area (Å²) in [6, 6.07) is 24.9. The molecule has 37 heavy (non-hydrogen) atoms. The van der Waals surface area contributed by atoms with E-state index in [1.807, 2.05) is 48.5 Å². The summed E-state index contributed by atoms with van der Waals surface area (Å²) < 4.78 is 0. The molecule has 1 aromatic heterocycles. The first-order valence-corrected chi connectivity index (χ1v) is 13.7. The summed E-state index contributed by atoms with van der Waals surface area (Å²) in [7, 11) is 0. The smallest absolute Gasteiger partial charge is 0.224 e. The molecule has 0 aliphatic carbocycles. The molecule has 2 aliphatic heterocycles. The quantitative estimate of drug-likeness (QED) is 0.458. The number of nitrogens with one attached hydrogen (secondary N) is 1. The van der Waals surface area contributed by atoms with Gasteiger partial charge >= 0.3 is 0 Å². The Hall–Kier alpha value is -3.22. The number of benzene rings is 2. The number of aromatic nitrogens is 1. The Kier molecular flexibility index (Phi) is 8.17. The summed E-state index contributed by atoms with van der Waals surface area (Å²) in [6.45, 7) is 3.81. The number of piperidine rings is 2. The third-order valence-electron chi connectivity index (χ3n) is 7.95. The Morgan fingerprint density at radius 3 is 2.43 bits per heavy atom. The zero-order chi connectivity index (χ0) is 25.5. The average molecular weight is 499 g/mol. The lowest BCUT2D eigenvalue weighted by molar-refractivity contribution is -0.116. The van der Waals surface area contributed by atoms with Crippen molar-refractivity contribution < 1.29 is 9.90 Å². The number of anilines is 2. The zero-order valence-corrected chi connectivity index (χ0v) is 21.6. The van der Waals surface area contributed by atoms with Crippen LogP contribution in [0.4, 0.5) is 11.4 Å². The van der Waals surface area contributed by atoms with Crippen LogP contribution >= 0.6 is 0 Å². The maximum atomic E-state index is 12.5. The van der Waals surface area contributed by atoms with Crippen molar-refractivity contribution in [2.24, 2.45) is 0 Å². The molecule has 0 bridgehead atoms. The minimum atomic E-state index is -0.801.